The Labute approximate surface area is 220 Å². The Bertz CT molecular complexity index is 1490. The summed E-state index contributed by atoms with van der Waals surface area (Å²) in [6, 6.07) is 12.2. The van der Waals surface area contributed by atoms with Crippen LogP contribution in [0.1, 0.15) is 49.8 Å². The number of ether oxygens (including phenoxy) is 1. The lowest BCUT2D eigenvalue weighted by atomic mass is 10.1. The Morgan fingerprint density at radius 3 is 2.74 bits per heavy atom. The summed E-state index contributed by atoms with van der Waals surface area (Å²) in [7, 11) is 1.59. The fraction of sp³-hybridized carbons (Fsp3) is 0.276. The summed E-state index contributed by atoms with van der Waals surface area (Å²) in [5, 5.41) is 12.5. The Balaban J connectivity index is 1.48. The third-order valence-electron chi connectivity index (χ3n) is 6.04. The number of fused-ring (bicyclic) bond motifs is 1. The normalized spacial score (nSPS) is 10.6. The number of carbonyl (C=O) groups is 1. The second-order valence-electron chi connectivity index (χ2n) is 8.80. The molecule has 0 fully saturated rings. The molecule has 0 unspecified atom stereocenters. The van der Waals surface area contributed by atoms with Crippen molar-refractivity contribution in [3.8, 4) is 28.9 Å². The zero-order chi connectivity index (χ0) is 26.9. The predicted molar refractivity (Wildman–Crippen MR) is 143 cm³/mol. The van der Waals surface area contributed by atoms with Crippen LogP contribution in [0.2, 0.25) is 0 Å². The van der Waals surface area contributed by atoms with Gasteiger partial charge in [0.2, 0.25) is 5.91 Å². The summed E-state index contributed by atoms with van der Waals surface area (Å²) >= 11 is 0. The maximum absolute atomic E-state index is 13.7. The topological polar surface area (TPSA) is 110 Å². The highest BCUT2D eigenvalue weighted by Crippen LogP contribution is 2.37. The fourth-order valence-electron chi connectivity index (χ4n) is 4.01. The monoisotopic (exact) mass is 516 g/mol. The Morgan fingerprint density at radius 1 is 1.11 bits per heavy atom. The van der Waals surface area contributed by atoms with Crippen molar-refractivity contribution in [1.82, 2.24) is 15.4 Å². The highest BCUT2D eigenvalue weighted by atomic mass is 19.1. The van der Waals surface area contributed by atoms with Gasteiger partial charge in [0, 0.05) is 30.0 Å². The number of halogens is 1. The molecule has 0 radical (unpaired) electrons. The summed E-state index contributed by atoms with van der Waals surface area (Å²) in [6.45, 7) is 1.71. The van der Waals surface area contributed by atoms with Gasteiger partial charge < -0.3 is 14.5 Å². The highest BCUT2D eigenvalue weighted by Gasteiger charge is 2.15. The maximum atomic E-state index is 13.7. The predicted octanol–water partition coefficient (Wildman–Crippen LogP) is 6.29. The lowest BCUT2D eigenvalue weighted by Gasteiger charge is -2.12. The summed E-state index contributed by atoms with van der Waals surface area (Å²) in [4.78, 5) is 19.8. The molecule has 0 bridgehead atoms. The first-order valence-electron chi connectivity index (χ1n) is 12.4. The molecule has 38 heavy (non-hydrogen) atoms. The van der Waals surface area contributed by atoms with E-state index in [0.717, 1.165) is 43.1 Å². The average Bonchev–Trinajstić information content (AvgIpc) is 3.40. The number of nitrogens with one attached hydrogen (secondary N) is 2. The fourth-order valence-corrected chi connectivity index (χ4v) is 4.01. The summed E-state index contributed by atoms with van der Waals surface area (Å²) in [5.74, 6) is 7.89. The molecule has 2 aromatic heterocycles. The maximum Gasteiger partial charge on any atom is 0.243 e. The van der Waals surface area contributed by atoms with Crippen LogP contribution in [0.5, 0.6) is 5.75 Å². The first-order chi connectivity index (χ1) is 18.5. The van der Waals surface area contributed by atoms with Crippen LogP contribution < -0.4 is 15.5 Å². The van der Waals surface area contributed by atoms with E-state index in [-0.39, 0.29) is 11.7 Å². The molecule has 0 saturated carbocycles. The van der Waals surface area contributed by atoms with Gasteiger partial charge >= 0.3 is 0 Å². The van der Waals surface area contributed by atoms with Gasteiger partial charge in [0.05, 0.1) is 18.2 Å². The van der Waals surface area contributed by atoms with Gasteiger partial charge in [-0.1, -0.05) is 18.8 Å². The molecule has 9 heteroatoms. The Hall–Kier alpha value is -4.42. The number of hydroxylamine groups is 1. The third-order valence-corrected chi connectivity index (χ3v) is 6.04. The Kier molecular flexibility index (Phi) is 8.90. The van der Waals surface area contributed by atoms with E-state index in [0.29, 0.717) is 46.3 Å². The Morgan fingerprint density at radius 2 is 1.95 bits per heavy atom. The number of anilines is 2. The molecule has 8 nitrogen and oxygen atoms in total. The second-order valence-corrected chi connectivity index (χ2v) is 8.80. The van der Waals surface area contributed by atoms with E-state index < -0.39 is 0 Å². The third kappa shape index (κ3) is 6.66. The number of methoxy groups -OCH3 is 1. The second kappa shape index (κ2) is 12.7. The molecule has 1 amide bonds. The standard InChI is InChI=1S/C29H29FN4O4/c1-19-15-20(11-13-24(19)30)33-29-22-16-23(27(37-2)17-25(22)31-18-32-29)26-14-12-21(38-26)9-7-5-3-4-6-8-10-28(35)34-36/h11-18,36H,3-6,8,10H2,1-2H3,(H,34,35)(H,31,32,33). The minimum absolute atomic E-state index is 0.267. The lowest BCUT2D eigenvalue weighted by Crippen LogP contribution is -2.17. The van der Waals surface area contributed by atoms with Gasteiger partial charge in [-0.2, -0.15) is 0 Å². The summed E-state index contributed by atoms with van der Waals surface area (Å²) < 4.78 is 25.3. The van der Waals surface area contributed by atoms with E-state index in [1.54, 1.807) is 31.6 Å². The largest absolute Gasteiger partial charge is 0.496 e. The smallest absolute Gasteiger partial charge is 0.243 e. The van der Waals surface area contributed by atoms with Gasteiger partial charge in [0.15, 0.2) is 5.76 Å². The first kappa shape index (κ1) is 26.6. The van der Waals surface area contributed by atoms with Crippen LogP contribution in [0.4, 0.5) is 15.9 Å². The van der Waals surface area contributed by atoms with Crippen molar-refractivity contribution >= 4 is 28.3 Å². The van der Waals surface area contributed by atoms with Crippen molar-refractivity contribution in [3.63, 3.8) is 0 Å². The van der Waals surface area contributed by atoms with Crippen molar-refractivity contribution in [3.05, 3.63) is 65.9 Å². The van der Waals surface area contributed by atoms with Crippen LogP contribution in [0.25, 0.3) is 22.2 Å². The van der Waals surface area contributed by atoms with Crippen LogP contribution in [0.15, 0.2) is 53.2 Å². The van der Waals surface area contributed by atoms with Gasteiger partial charge in [-0.15, -0.1) is 0 Å². The van der Waals surface area contributed by atoms with Crippen molar-refractivity contribution in [2.75, 3.05) is 12.4 Å². The number of furan rings is 1. The van der Waals surface area contributed by atoms with Crippen molar-refractivity contribution in [1.29, 1.82) is 0 Å². The van der Waals surface area contributed by atoms with Gasteiger partial charge in [-0.25, -0.2) is 19.8 Å². The van der Waals surface area contributed by atoms with Crippen LogP contribution in [0.3, 0.4) is 0 Å². The van der Waals surface area contributed by atoms with E-state index in [1.807, 2.05) is 24.3 Å². The first-order valence-corrected chi connectivity index (χ1v) is 12.4. The highest BCUT2D eigenvalue weighted by molar-refractivity contribution is 5.95. The average molecular weight is 517 g/mol. The van der Waals surface area contributed by atoms with Gasteiger partial charge in [0.25, 0.3) is 0 Å². The zero-order valence-electron chi connectivity index (χ0n) is 21.3. The lowest BCUT2D eigenvalue weighted by molar-refractivity contribution is -0.129. The number of hydrogen-bond donors (Lipinski definition) is 3. The molecule has 0 aliphatic carbocycles. The molecular formula is C29H29FN4O4. The molecule has 4 rings (SSSR count). The summed E-state index contributed by atoms with van der Waals surface area (Å²) in [6.07, 6.45) is 6.03. The molecule has 0 saturated heterocycles. The molecule has 0 aliphatic rings. The molecule has 2 aromatic carbocycles. The zero-order valence-corrected chi connectivity index (χ0v) is 21.3. The van der Waals surface area contributed by atoms with E-state index in [9.17, 15) is 9.18 Å². The van der Waals surface area contributed by atoms with E-state index in [4.69, 9.17) is 14.4 Å². The minimum atomic E-state index is -0.357. The molecule has 0 spiro atoms. The van der Waals surface area contributed by atoms with Gasteiger partial charge in [0.1, 0.15) is 29.5 Å². The molecule has 196 valence electrons. The van der Waals surface area contributed by atoms with E-state index in [2.05, 4.69) is 27.1 Å². The van der Waals surface area contributed by atoms with Crippen LogP contribution in [0, 0.1) is 24.6 Å². The van der Waals surface area contributed by atoms with Crippen LogP contribution in [-0.2, 0) is 4.79 Å². The molecule has 3 N–H and O–H groups in total. The minimum Gasteiger partial charge on any atom is -0.496 e. The molecule has 4 aromatic rings. The molecule has 0 aliphatic heterocycles. The SMILES string of the molecule is COc1cc2ncnc(Nc3ccc(F)c(C)c3)c2cc1-c1ccc(C#CCCCCCCC(=O)NO)o1. The number of hydrogen-bond acceptors (Lipinski definition) is 7. The molecular weight excluding hydrogens is 487 g/mol. The van der Waals surface area contributed by atoms with Crippen molar-refractivity contribution < 1.29 is 23.5 Å². The van der Waals surface area contributed by atoms with Crippen LogP contribution >= 0.6 is 0 Å². The number of aromatic nitrogens is 2. The number of nitrogens with zero attached hydrogens (tertiary/aromatic N) is 2. The molecule has 0 atom stereocenters. The van der Waals surface area contributed by atoms with Crippen LogP contribution in [-0.4, -0.2) is 28.2 Å². The quantitative estimate of drug-likeness (QED) is 0.0984. The number of carbonyl (C=O) groups excluding carboxylic acids is 1. The number of aryl methyl sites for hydroxylation is 1. The van der Waals surface area contributed by atoms with Gasteiger partial charge in [-0.05, 0) is 67.6 Å². The van der Waals surface area contributed by atoms with Gasteiger partial charge in [-0.3, -0.25) is 10.0 Å². The van der Waals surface area contributed by atoms with E-state index >= 15 is 0 Å². The van der Waals surface area contributed by atoms with E-state index in [1.165, 1.54) is 12.4 Å². The van der Waals surface area contributed by atoms with Crippen molar-refractivity contribution in [2.24, 2.45) is 0 Å². The number of benzene rings is 2. The molecule has 2 heterocycles. The number of rotatable bonds is 10. The number of unbranched alkanes of at least 4 members (excludes halogenated alkanes) is 4. The number of amides is 1. The van der Waals surface area contributed by atoms with Crippen molar-refractivity contribution in [2.45, 2.75) is 45.4 Å². The summed E-state index contributed by atoms with van der Waals surface area (Å²) in [5.41, 5.74) is 4.30.